The van der Waals surface area contributed by atoms with Crippen LogP contribution in [0.5, 0.6) is 0 Å². The molecular weight excluding hydrogens is 285 g/mol. The van der Waals surface area contributed by atoms with Crippen LogP contribution in [0, 0.1) is 15.4 Å². The van der Waals surface area contributed by atoms with Crippen molar-refractivity contribution in [3.63, 3.8) is 0 Å². The van der Waals surface area contributed by atoms with Gasteiger partial charge in [-0.05, 0) is 77.9 Å². The Morgan fingerprint density at radius 3 is 2.29 bits per heavy atom. The van der Waals surface area contributed by atoms with Gasteiger partial charge < -0.3 is 5.73 Å². The molecule has 14 heavy (non-hydrogen) atoms. The second-order valence-corrected chi connectivity index (χ2v) is 5.41. The largest absolute Gasteiger partial charge is 0.330 e. The van der Waals surface area contributed by atoms with Gasteiger partial charge in [0.2, 0.25) is 0 Å². The molecule has 0 bridgehead atoms. The minimum Gasteiger partial charge on any atom is -0.330 e. The molecule has 0 amide bonds. The molecule has 2 heteroatoms. The monoisotopic (exact) mass is 301 g/mol. The lowest BCUT2D eigenvalue weighted by Gasteiger charge is -2.36. The fourth-order valence-electron chi connectivity index (χ4n) is 2.14. The first kappa shape index (κ1) is 10.4. The molecule has 0 saturated heterocycles. The van der Waals surface area contributed by atoms with Crippen molar-refractivity contribution < 1.29 is 0 Å². The van der Waals surface area contributed by atoms with Gasteiger partial charge in [-0.25, -0.2) is 0 Å². The van der Waals surface area contributed by atoms with E-state index >= 15 is 0 Å². The first-order valence-electron chi connectivity index (χ1n) is 5.24. The van der Waals surface area contributed by atoms with Crippen molar-refractivity contribution in [1.29, 1.82) is 0 Å². The maximum absolute atomic E-state index is 5.70. The highest BCUT2D eigenvalue weighted by atomic mass is 127. The van der Waals surface area contributed by atoms with Crippen molar-refractivity contribution in [2.75, 3.05) is 6.54 Å². The average Bonchev–Trinajstić information content (AvgIpc) is 2.16. The highest BCUT2D eigenvalue weighted by Gasteiger charge is 2.29. The van der Waals surface area contributed by atoms with Crippen LogP contribution in [0.3, 0.4) is 0 Å². The average molecular weight is 301 g/mol. The number of rotatable bonds is 3. The van der Waals surface area contributed by atoms with E-state index in [0.717, 1.165) is 18.4 Å². The molecule has 1 aliphatic carbocycles. The summed E-state index contributed by atoms with van der Waals surface area (Å²) in [5.74, 6) is 1.63. The quantitative estimate of drug-likeness (QED) is 0.854. The van der Waals surface area contributed by atoms with Crippen LogP contribution in [0.2, 0.25) is 0 Å². The minimum absolute atomic E-state index is 0.786. The lowest BCUT2D eigenvalue weighted by atomic mass is 9.71. The Labute approximate surface area is 99.2 Å². The van der Waals surface area contributed by atoms with Crippen LogP contribution in [0.1, 0.15) is 18.4 Å². The Hall–Kier alpha value is -0.0900. The van der Waals surface area contributed by atoms with Gasteiger partial charge >= 0.3 is 0 Å². The topological polar surface area (TPSA) is 26.0 Å². The van der Waals surface area contributed by atoms with Crippen LogP contribution < -0.4 is 5.73 Å². The normalized spacial score (nSPS) is 25.9. The molecule has 0 aromatic heterocycles. The Morgan fingerprint density at radius 1 is 1.14 bits per heavy atom. The van der Waals surface area contributed by atoms with E-state index in [1.165, 1.54) is 28.4 Å². The zero-order valence-electron chi connectivity index (χ0n) is 8.25. The number of hydrogen-bond donors (Lipinski definition) is 1. The summed E-state index contributed by atoms with van der Waals surface area (Å²) in [4.78, 5) is 0. The molecular formula is C12H16IN. The third-order valence-electron chi connectivity index (χ3n) is 3.29. The maximum Gasteiger partial charge on any atom is 0.0130 e. The number of nitrogens with two attached hydrogens (primary N) is 1. The van der Waals surface area contributed by atoms with Crippen LogP contribution in [0.25, 0.3) is 0 Å². The summed E-state index contributed by atoms with van der Waals surface area (Å²) in [6.07, 6.45) is 3.93. The number of benzene rings is 1. The van der Waals surface area contributed by atoms with Gasteiger partial charge in [0, 0.05) is 3.57 Å². The highest BCUT2D eigenvalue weighted by Crippen LogP contribution is 2.35. The van der Waals surface area contributed by atoms with Crippen LogP contribution in [0.4, 0.5) is 0 Å². The molecule has 1 fully saturated rings. The second kappa shape index (κ2) is 4.62. The van der Waals surface area contributed by atoms with E-state index in [1.807, 2.05) is 0 Å². The Bertz CT molecular complexity index is 292. The van der Waals surface area contributed by atoms with E-state index in [-0.39, 0.29) is 0 Å². The number of halogens is 1. The smallest absolute Gasteiger partial charge is 0.0130 e. The van der Waals surface area contributed by atoms with Gasteiger partial charge in [0.25, 0.3) is 0 Å². The Balaban J connectivity index is 1.94. The van der Waals surface area contributed by atoms with Crippen LogP contribution in [-0.2, 0) is 6.42 Å². The molecule has 0 radical (unpaired) electrons. The predicted molar refractivity (Wildman–Crippen MR) is 68.1 cm³/mol. The molecule has 0 heterocycles. The van der Waals surface area contributed by atoms with E-state index in [4.69, 9.17) is 5.73 Å². The van der Waals surface area contributed by atoms with Crippen molar-refractivity contribution in [1.82, 2.24) is 0 Å². The van der Waals surface area contributed by atoms with Gasteiger partial charge in [0.1, 0.15) is 0 Å². The van der Waals surface area contributed by atoms with Crippen LogP contribution in [0.15, 0.2) is 24.3 Å². The standard InChI is InChI=1S/C12H16IN/c13-12-5-1-9(2-6-12)7-10-3-4-11(10)8-14/h1-2,5-6,10-11H,3-4,7-8,14H2. The molecule has 1 saturated carbocycles. The van der Waals surface area contributed by atoms with E-state index in [9.17, 15) is 0 Å². The molecule has 1 aliphatic rings. The third-order valence-corrected chi connectivity index (χ3v) is 4.01. The highest BCUT2D eigenvalue weighted by molar-refractivity contribution is 14.1. The van der Waals surface area contributed by atoms with Gasteiger partial charge in [-0.1, -0.05) is 12.1 Å². The van der Waals surface area contributed by atoms with E-state index < -0.39 is 0 Å². The van der Waals surface area contributed by atoms with Crippen molar-refractivity contribution in [3.8, 4) is 0 Å². The fourth-order valence-corrected chi connectivity index (χ4v) is 2.50. The molecule has 1 aromatic carbocycles. The molecule has 1 aromatic rings. The minimum atomic E-state index is 0.786. The number of hydrogen-bond acceptors (Lipinski definition) is 1. The van der Waals surface area contributed by atoms with Gasteiger partial charge in [0.15, 0.2) is 0 Å². The molecule has 0 aliphatic heterocycles. The van der Waals surface area contributed by atoms with Crippen LogP contribution in [-0.4, -0.2) is 6.54 Å². The maximum atomic E-state index is 5.70. The van der Waals surface area contributed by atoms with Crippen molar-refractivity contribution in [3.05, 3.63) is 33.4 Å². The summed E-state index contributed by atoms with van der Waals surface area (Å²) in [6, 6.07) is 8.86. The summed E-state index contributed by atoms with van der Waals surface area (Å²) in [6.45, 7) is 0.870. The Kier molecular flexibility index (Phi) is 3.44. The summed E-state index contributed by atoms with van der Waals surface area (Å²) in [5.41, 5.74) is 7.17. The predicted octanol–water partition coefficient (Wildman–Crippen LogP) is 2.82. The second-order valence-electron chi connectivity index (χ2n) is 4.16. The van der Waals surface area contributed by atoms with E-state index in [1.54, 1.807) is 0 Å². The first-order chi connectivity index (χ1) is 6.79. The first-order valence-corrected chi connectivity index (χ1v) is 6.32. The molecule has 1 nitrogen and oxygen atoms in total. The van der Waals surface area contributed by atoms with E-state index in [2.05, 4.69) is 46.9 Å². The van der Waals surface area contributed by atoms with Gasteiger partial charge in [-0.15, -0.1) is 0 Å². The summed E-state index contributed by atoms with van der Waals surface area (Å²) >= 11 is 2.34. The zero-order valence-corrected chi connectivity index (χ0v) is 10.4. The van der Waals surface area contributed by atoms with Crippen molar-refractivity contribution in [2.45, 2.75) is 19.3 Å². The molecule has 2 N–H and O–H groups in total. The van der Waals surface area contributed by atoms with E-state index in [0.29, 0.717) is 0 Å². The summed E-state index contributed by atoms with van der Waals surface area (Å²) in [7, 11) is 0. The zero-order chi connectivity index (χ0) is 9.97. The third kappa shape index (κ3) is 2.28. The van der Waals surface area contributed by atoms with Gasteiger partial charge in [0.05, 0.1) is 0 Å². The summed E-state index contributed by atoms with van der Waals surface area (Å²) < 4.78 is 1.32. The lowest BCUT2D eigenvalue weighted by molar-refractivity contribution is 0.183. The van der Waals surface area contributed by atoms with Crippen LogP contribution >= 0.6 is 22.6 Å². The molecule has 76 valence electrons. The SMILES string of the molecule is NCC1CCC1Cc1ccc(I)cc1. The van der Waals surface area contributed by atoms with Crippen molar-refractivity contribution in [2.24, 2.45) is 17.6 Å². The molecule has 2 rings (SSSR count). The fraction of sp³-hybridized carbons (Fsp3) is 0.500. The Morgan fingerprint density at radius 2 is 1.79 bits per heavy atom. The van der Waals surface area contributed by atoms with Gasteiger partial charge in [-0.3, -0.25) is 0 Å². The van der Waals surface area contributed by atoms with Crippen molar-refractivity contribution >= 4 is 22.6 Å². The summed E-state index contributed by atoms with van der Waals surface area (Å²) in [5, 5.41) is 0. The molecule has 2 atom stereocenters. The molecule has 2 unspecified atom stereocenters. The lowest BCUT2D eigenvalue weighted by Crippen LogP contribution is -2.33. The molecule has 0 spiro atoms. The van der Waals surface area contributed by atoms with Gasteiger partial charge in [-0.2, -0.15) is 0 Å².